The lowest BCUT2D eigenvalue weighted by Crippen LogP contribution is -2.54. The van der Waals surface area contributed by atoms with Gasteiger partial charge >= 0.3 is 0 Å². The molecule has 1 unspecified atom stereocenters. The maximum absolute atomic E-state index is 14.0. The molecule has 2 N–H and O–H groups in total. The number of rotatable bonds is 3. The smallest absolute Gasteiger partial charge is 0.168 e. The molecule has 112 valence electrons. The first-order valence-electron chi connectivity index (χ1n) is 6.43. The molecular formula is C13H19F2N3O2. The molecule has 1 aliphatic rings. The van der Waals surface area contributed by atoms with Gasteiger partial charge in [-0.3, -0.25) is 0 Å². The van der Waals surface area contributed by atoms with Crippen LogP contribution in [-0.2, 0) is 4.74 Å². The van der Waals surface area contributed by atoms with E-state index in [1.165, 1.54) is 7.05 Å². The Kier molecular flexibility index (Phi) is 4.10. The lowest BCUT2D eigenvalue weighted by atomic mass is 10.1. The molecule has 0 aromatic carbocycles. The van der Waals surface area contributed by atoms with Gasteiger partial charge in [0, 0.05) is 26.2 Å². The third kappa shape index (κ3) is 2.99. The minimum atomic E-state index is -0.736. The van der Waals surface area contributed by atoms with Gasteiger partial charge in [0.25, 0.3) is 0 Å². The Balaban J connectivity index is 2.34. The molecule has 0 radical (unpaired) electrons. The van der Waals surface area contributed by atoms with Gasteiger partial charge in [-0.1, -0.05) is 0 Å². The topological polar surface area (TPSA) is 57.6 Å². The van der Waals surface area contributed by atoms with Gasteiger partial charge in [0.2, 0.25) is 0 Å². The summed E-state index contributed by atoms with van der Waals surface area (Å²) in [6.45, 7) is 4.24. The van der Waals surface area contributed by atoms with E-state index in [0.29, 0.717) is 13.1 Å². The van der Waals surface area contributed by atoms with Gasteiger partial charge in [-0.15, -0.1) is 0 Å². The average Bonchev–Trinajstić information content (AvgIpc) is 2.37. The number of hydrogen-bond acceptors (Lipinski definition) is 5. The molecule has 1 fully saturated rings. The highest BCUT2D eigenvalue weighted by molar-refractivity contribution is 5.49. The molecular weight excluding hydrogens is 268 g/mol. The molecule has 1 atom stereocenters. The van der Waals surface area contributed by atoms with Gasteiger partial charge in [-0.25, -0.2) is 13.8 Å². The van der Waals surface area contributed by atoms with Crippen molar-refractivity contribution in [2.75, 3.05) is 37.0 Å². The number of aromatic nitrogens is 1. The fourth-order valence-corrected chi connectivity index (χ4v) is 2.41. The number of pyridine rings is 1. The molecule has 0 spiro atoms. The quantitative estimate of drug-likeness (QED) is 0.879. The summed E-state index contributed by atoms with van der Waals surface area (Å²) in [7, 11) is 1.52. The second kappa shape index (κ2) is 5.49. The van der Waals surface area contributed by atoms with E-state index < -0.39 is 23.3 Å². The lowest BCUT2D eigenvalue weighted by Gasteiger charge is -2.42. The van der Waals surface area contributed by atoms with Crippen molar-refractivity contribution in [1.29, 1.82) is 0 Å². The molecule has 0 saturated carbocycles. The Morgan fingerprint density at radius 3 is 2.80 bits per heavy atom. The number of nitrogens with one attached hydrogen (secondary N) is 1. The highest BCUT2D eigenvalue weighted by Gasteiger charge is 2.35. The number of hydrogen-bond donors (Lipinski definition) is 2. The first-order chi connectivity index (χ1) is 9.36. The second-order valence-electron chi connectivity index (χ2n) is 5.44. The van der Waals surface area contributed by atoms with Gasteiger partial charge < -0.3 is 20.1 Å². The van der Waals surface area contributed by atoms with Crippen LogP contribution in [0.4, 0.5) is 20.4 Å². The van der Waals surface area contributed by atoms with Crippen LogP contribution >= 0.6 is 0 Å². The Hall–Kier alpha value is -1.47. The SMILES string of the molecule is CNc1nc(N2CC(CO)OC(C)(C)C2)c(F)cc1F. The first kappa shape index (κ1) is 14.9. The van der Waals surface area contributed by atoms with Crippen molar-refractivity contribution in [1.82, 2.24) is 4.98 Å². The van der Waals surface area contributed by atoms with Crippen LogP contribution in [0.15, 0.2) is 6.07 Å². The number of morpholine rings is 1. The van der Waals surface area contributed by atoms with E-state index in [1.54, 1.807) is 4.90 Å². The zero-order valence-electron chi connectivity index (χ0n) is 11.8. The van der Waals surface area contributed by atoms with Crippen molar-refractivity contribution in [3.63, 3.8) is 0 Å². The fourth-order valence-electron chi connectivity index (χ4n) is 2.41. The van der Waals surface area contributed by atoms with Crippen molar-refractivity contribution in [3.8, 4) is 0 Å². The zero-order valence-corrected chi connectivity index (χ0v) is 11.8. The summed E-state index contributed by atoms with van der Waals surface area (Å²) < 4.78 is 33.1. The van der Waals surface area contributed by atoms with E-state index >= 15 is 0 Å². The minimum absolute atomic E-state index is 0.00811. The van der Waals surface area contributed by atoms with Crippen LogP contribution in [0, 0.1) is 11.6 Å². The molecule has 2 rings (SSSR count). The summed E-state index contributed by atoms with van der Waals surface area (Å²) in [5.74, 6) is -1.41. The number of ether oxygens (including phenoxy) is 1. The highest BCUT2D eigenvalue weighted by atomic mass is 19.1. The second-order valence-corrected chi connectivity index (χ2v) is 5.44. The maximum Gasteiger partial charge on any atom is 0.168 e. The molecule has 0 amide bonds. The summed E-state index contributed by atoms with van der Waals surface area (Å²) in [5.41, 5.74) is -0.548. The number of nitrogens with zero attached hydrogens (tertiary/aromatic N) is 2. The van der Waals surface area contributed by atoms with Crippen molar-refractivity contribution in [2.24, 2.45) is 0 Å². The normalized spacial score (nSPS) is 21.9. The van der Waals surface area contributed by atoms with E-state index in [9.17, 15) is 13.9 Å². The standard InChI is InChI=1S/C13H19F2N3O2/c1-13(2)7-18(5-8(6-19)20-13)12-10(15)4-9(14)11(16-3)17-12/h4,8,19H,5-7H2,1-3H3,(H,16,17). The Labute approximate surface area is 116 Å². The van der Waals surface area contributed by atoms with Gasteiger partial charge in [-0.05, 0) is 13.8 Å². The van der Waals surface area contributed by atoms with Crippen LogP contribution in [-0.4, -0.2) is 48.5 Å². The number of aliphatic hydroxyl groups excluding tert-OH is 1. The van der Waals surface area contributed by atoms with Gasteiger partial charge in [0.15, 0.2) is 23.3 Å². The molecule has 0 bridgehead atoms. The number of halogens is 2. The molecule has 1 saturated heterocycles. The Bertz CT molecular complexity index is 497. The molecule has 2 heterocycles. The van der Waals surface area contributed by atoms with Crippen LogP contribution in [0.25, 0.3) is 0 Å². The van der Waals surface area contributed by atoms with Gasteiger partial charge in [-0.2, -0.15) is 0 Å². The Morgan fingerprint density at radius 2 is 2.20 bits per heavy atom. The molecule has 5 nitrogen and oxygen atoms in total. The van der Waals surface area contributed by atoms with Crippen LogP contribution in [0.3, 0.4) is 0 Å². The predicted molar refractivity (Wildman–Crippen MR) is 72.0 cm³/mol. The third-order valence-corrected chi connectivity index (χ3v) is 3.13. The first-order valence-corrected chi connectivity index (χ1v) is 6.43. The average molecular weight is 287 g/mol. The summed E-state index contributed by atoms with van der Waals surface area (Å²) in [4.78, 5) is 5.64. The summed E-state index contributed by atoms with van der Waals surface area (Å²) in [6, 6.07) is 0.810. The summed E-state index contributed by atoms with van der Waals surface area (Å²) in [5, 5.41) is 11.9. The number of anilines is 2. The summed E-state index contributed by atoms with van der Waals surface area (Å²) >= 11 is 0. The van der Waals surface area contributed by atoms with Gasteiger partial charge in [0.05, 0.1) is 18.3 Å². The van der Waals surface area contributed by atoms with E-state index in [-0.39, 0.29) is 18.2 Å². The fraction of sp³-hybridized carbons (Fsp3) is 0.615. The molecule has 1 aromatic heterocycles. The van der Waals surface area contributed by atoms with E-state index in [4.69, 9.17) is 4.74 Å². The third-order valence-electron chi connectivity index (χ3n) is 3.13. The van der Waals surface area contributed by atoms with E-state index in [0.717, 1.165) is 6.07 Å². The van der Waals surface area contributed by atoms with E-state index in [2.05, 4.69) is 10.3 Å². The zero-order chi connectivity index (χ0) is 14.9. The van der Waals surface area contributed by atoms with Crippen LogP contribution < -0.4 is 10.2 Å². The van der Waals surface area contributed by atoms with Crippen molar-refractivity contribution in [3.05, 3.63) is 17.7 Å². The van der Waals surface area contributed by atoms with Crippen LogP contribution in [0.1, 0.15) is 13.8 Å². The molecule has 0 aliphatic carbocycles. The molecule has 1 aromatic rings. The van der Waals surface area contributed by atoms with Crippen molar-refractivity contribution in [2.45, 2.75) is 25.6 Å². The lowest BCUT2D eigenvalue weighted by molar-refractivity contribution is -0.101. The van der Waals surface area contributed by atoms with E-state index in [1.807, 2.05) is 13.8 Å². The summed E-state index contributed by atoms with van der Waals surface area (Å²) in [6.07, 6.45) is -0.428. The largest absolute Gasteiger partial charge is 0.394 e. The molecule has 7 heteroatoms. The van der Waals surface area contributed by atoms with Crippen LogP contribution in [0.5, 0.6) is 0 Å². The van der Waals surface area contributed by atoms with Crippen molar-refractivity contribution >= 4 is 11.6 Å². The minimum Gasteiger partial charge on any atom is -0.394 e. The van der Waals surface area contributed by atoms with Crippen molar-refractivity contribution < 1.29 is 18.6 Å². The Morgan fingerprint density at radius 1 is 1.50 bits per heavy atom. The molecule has 20 heavy (non-hydrogen) atoms. The van der Waals surface area contributed by atoms with Gasteiger partial charge in [0.1, 0.15) is 0 Å². The number of aliphatic hydroxyl groups is 1. The molecule has 1 aliphatic heterocycles. The van der Waals surface area contributed by atoms with Crippen LogP contribution in [0.2, 0.25) is 0 Å². The predicted octanol–water partition coefficient (Wildman–Crippen LogP) is 1.38. The monoisotopic (exact) mass is 287 g/mol. The highest BCUT2D eigenvalue weighted by Crippen LogP contribution is 2.28. The maximum atomic E-state index is 14.0.